The molecule has 0 fully saturated rings. The third-order valence-electron chi connectivity index (χ3n) is 3.37. The minimum Gasteiger partial charge on any atom is -0.493 e. The van der Waals surface area contributed by atoms with Crippen LogP contribution in [-0.4, -0.2) is 29.8 Å². The Labute approximate surface area is 126 Å². The molecule has 0 spiro atoms. The topological polar surface area (TPSA) is 60.5 Å². The van der Waals surface area contributed by atoms with Gasteiger partial charge in [0.1, 0.15) is 11.4 Å². The van der Waals surface area contributed by atoms with Crippen molar-refractivity contribution in [2.75, 3.05) is 13.2 Å². The number of rotatable bonds is 4. The van der Waals surface area contributed by atoms with Gasteiger partial charge < -0.3 is 14.8 Å². The molecule has 21 heavy (non-hydrogen) atoms. The molecule has 0 bridgehead atoms. The van der Waals surface area contributed by atoms with Crippen LogP contribution < -0.4 is 10.1 Å². The summed E-state index contributed by atoms with van der Waals surface area (Å²) in [5, 5.41) is 2.83. The molecular formula is C16H24N2O3. The summed E-state index contributed by atoms with van der Waals surface area (Å²) in [6.07, 6.45) is 3.31. The molecule has 2 rings (SSSR count). The summed E-state index contributed by atoms with van der Waals surface area (Å²) < 4.78 is 10.9. The maximum atomic E-state index is 11.7. The van der Waals surface area contributed by atoms with Gasteiger partial charge in [0.05, 0.1) is 12.3 Å². The standard InChI is InChI=1S/C16H24N2O3/c1-5-20-13-8-9-17-14-11(6-7-12(13)14)10-18-15(19)21-16(2,3)4/h8-9,11H,5-7,10H2,1-4H3,(H,18,19). The van der Waals surface area contributed by atoms with Crippen molar-refractivity contribution < 1.29 is 14.3 Å². The van der Waals surface area contributed by atoms with Gasteiger partial charge in [-0.1, -0.05) is 0 Å². The van der Waals surface area contributed by atoms with Crippen LogP contribution in [0, 0.1) is 0 Å². The molecule has 1 amide bonds. The lowest BCUT2D eigenvalue weighted by Crippen LogP contribution is -2.34. The number of nitrogens with one attached hydrogen (secondary N) is 1. The van der Waals surface area contributed by atoms with Gasteiger partial charge in [-0.25, -0.2) is 4.79 Å². The van der Waals surface area contributed by atoms with E-state index in [2.05, 4.69) is 10.3 Å². The number of carbonyl (C=O) groups is 1. The molecule has 116 valence electrons. The van der Waals surface area contributed by atoms with E-state index in [-0.39, 0.29) is 12.0 Å². The number of hydrogen-bond donors (Lipinski definition) is 1. The number of hydrogen-bond acceptors (Lipinski definition) is 4. The second-order valence-corrected chi connectivity index (χ2v) is 6.22. The van der Waals surface area contributed by atoms with E-state index in [0.29, 0.717) is 13.2 Å². The van der Waals surface area contributed by atoms with Crippen molar-refractivity contribution in [3.8, 4) is 5.75 Å². The summed E-state index contributed by atoms with van der Waals surface area (Å²) in [5.41, 5.74) is 1.74. The van der Waals surface area contributed by atoms with Crippen molar-refractivity contribution in [3.05, 3.63) is 23.5 Å². The highest BCUT2D eigenvalue weighted by molar-refractivity contribution is 5.67. The average molecular weight is 292 g/mol. The monoisotopic (exact) mass is 292 g/mol. The van der Waals surface area contributed by atoms with Gasteiger partial charge in [0.2, 0.25) is 0 Å². The van der Waals surface area contributed by atoms with E-state index in [4.69, 9.17) is 9.47 Å². The Morgan fingerprint density at radius 3 is 2.90 bits per heavy atom. The molecule has 5 heteroatoms. The molecular weight excluding hydrogens is 268 g/mol. The molecule has 1 aliphatic carbocycles. The number of alkyl carbamates (subject to hydrolysis) is 1. The lowest BCUT2D eigenvalue weighted by atomic mass is 10.1. The zero-order valence-corrected chi connectivity index (χ0v) is 13.2. The number of fused-ring (bicyclic) bond motifs is 1. The number of amides is 1. The van der Waals surface area contributed by atoms with Crippen LogP contribution in [0.5, 0.6) is 5.75 Å². The van der Waals surface area contributed by atoms with Crippen molar-refractivity contribution >= 4 is 6.09 Å². The van der Waals surface area contributed by atoms with Crippen molar-refractivity contribution in [3.63, 3.8) is 0 Å². The van der Waals surface area contributed by atoms with Crippen molar-refractivity contribution in [2.24, 2.45) is 0 Å². The zero-order chi connectivity index (χ0) is 15.5. The number of carbonyl (C=O) groups excluding carboxylic acids is 1. The molecule has 1 aromatic rings. The van der Waals surface area contributed by atoms with Crippen LogP contribution in [0.15, 0.2) is 12.3 Å². The molecule has 1 unspecified atom stereocenters. The summed E-state index contributed by atoms with van der Waals surface area (Å²) in [6, 6.07) is 1.91. The van der Waals surface area contributed by atoms with Gasteiger partial charge in [0.25, 0.3) is 0 Å². The smallest absolute Gasteiger partial charge is 0.407 e. The lowest BCUT2D eigenvalue weighted by molar-refractivity contribution is 0.0524. The van der Waals surface area contributed by atoms with E-state index in [1.165, 1.54) is 5.56 Å². The van der Waals surface area contributed by atoms with Crippen LogP contribution in [0.3, 0.4) is 0 Å². The minimum atomic E-state index is -0.474. The number of aromatic nitrogens is 1. The van der Waals surface area contributed by atoms with Crippen molar-refractivity contribution in [1.29, 1.82) is 0 Å². The third kappa shape index (κ3) is 4.09. The Bertz CT molecular complexity index is 509. The van der Waals surface area contributed by atoms with Crippen molar-refractivity contribution in [1.82, 2.24) is 10.3 Å². The van der Waals surface area contributed by atoms with Gasteiger partial charge in [0, 0.05) is 24.2 Å². The molecule has 0 saturated heterocycles. The van der Waals surface area contributed by atoms with Crippen LogP contribution in [0.4, 0.5) is 4.79 Å². The van der Waals surface area contributed by atoms with E-state index in [1.807, 2.05) is 33.8 Å². The Kier molecular flexibility index (Phi) is 4.70. The predicted molar refractivity (Wildman–Crippen MR) is 80.7 cm³/mol. The van der Waals surface area contributed by atoms with Crippen LogP contribution in [0.2, 0.25) is 0 Å². The Morgan fingerprint density at radius 2 is 2.24 bits per heavy atom. The normalized spacial score (nSPS) is 17.2. The first-order valence-corrected chi connectivity index (χ1v) is 7.48. The van der Waals surface area contributed by atoms with Gasteiger partial charge in [-0.15, -0.1) is 0 Å². The highest BCUT2D eigenvalue weighted by Gasteiger charge is 2.27. The molecule has 5 nitrogen and oxygen atoms in total. The van der Waals surface area contributed by atoms with Gasteiger partial charge in [-0.2, -0.15) is 0 Å². The molecule has 0 aliphatic heterocycles. The summed E-state index contributed by atoms with van der Waals surface area (Å²) in [5.74, 6) is 1.15. The third-order valence-corrected chi connectivity index (χ3v) is 3.37. The Balaban J connectivity index is 1.97. The molecule has 1 aromatic heterocycles. The maximum Gasteiger partial charge on any atom is 0.407 e. The molecule has 1 atom stereocenters. The maximum absolute atomic E-state index is 11.7. The number of ether oxygens (including phenoxy) is 2. The van der Waals surface area contributed by atoms with E-state index in [0.717, 1.165) is 24.3 Å². The molecule has 1 aliphatic rings. The molecule has 1 heterocycles. The molecule has 0 radical (unpaired) electrons. The summed E-state index contributed by atoms with van der Waals surface area (Å²) in [6.45, 7) is 8.74. The summed E-state index contributed by atoms with van der Waals surface area (Å²) in [4.78, 5) is 16.2. The second kappa shape index (κ2) is 6.33. The first-order valence-electron chi connectivity index (χ1n) is 7.48. The number of pyridine rings is 1. The minimum absolute atomic E-state index is 0.230. The Morgan fingerprint density at radius 1 is 1.48 bits per heavy atom. The molecule has 0 saturated carbocycles. The van der Waals surface area contributed by atoms with E-state index in [1.54, 1.807) is 6.20 Å². The van der Waals surface area contributed by atoms with Crippen LogP contribution in [-0.2, 0) is 11.2 Å². The largest absolute Gasteiger partial charge is 0.493 e. The predicted octanol–water partition coefficient (Wildman–Crippen LogP) is 3.03. The Hall–Kier alpha value is -1.78. The van der Waals surface area contributed by atoms with Crippen LogP contribution in [0.1, 0.15) is 51.3 Å². The molecule has 0 aromatic carbocycles. The first-order chi connectivity index (χ1) is 9.90. The fourth-order valence-electron chi connectivity index (χ4n) is 2.56. The van der Waals surface area contributed by atoms with E-state index >= 15 is 0 Å². The quantitative estimate of drug-likeness (QED) is 0.926. The lowest BCUT2D eigenvalue weighted by Gasteiger charge is -2.20. The average Bonchev–Trinajstić information content (AvgIpc) is 2.79. The van der Waals surface area contributed by atoms with Gasteiger partial charge in [-0.05, 0) is 46.6 Å². The van der Waals surface area contributed by atoms with Gasteiger partial charge >= 0.3 is 6.09 Å². The fraction of sp³-hybridized carbons (Fsp3) is 0.625. The number of nitrogens with zero attached hydrogens (tertiary/aromatic N) is 1. The van der Waals surface area contributed by atoms with Crippen LogP contribution >= 0.6 is 0 Å². The second-order valence-electron chi connectivity index (χ2n) is 6.22. The fourth-order valence-corrected chi connectivity index (χ4v) is 2.56. The van der Waals surface area contributed by atoms with E-state index in [9.17, 15) is 4.79 Å². The van der Waals surface area contributed by atoms with Gasteiger partial charge in [-0.3, -0.25) is 4.98 Å². The highest BCUT2D eigenvalue weighted by atomic mass is 16.6. The molecule has 1 N–H and O–H groups in total. The zero-order valence-electron chi connectivity index (χ0n) is 13.2. The SMILES string of the molecule is CCOc1ccnc2c1CCC2CNC(=O)OC(C)(C)C. The van der Waals surface area contributed by atoms with E-state index < -0.39 is 5.60 Å². The summed E-state index contributed by atoms with van der Waals surface area (Å²) in [7, 11) is 0. The highest BCUT2D eigenvalue weighted by Crippen LogP contribution is 2.36. The first kappa shape index (κ1) is 15.6. The summed E-state index contributed by atoms with van der Waals surface area (Å²) >= 11 is 0. The van der Waals surface area contributed by atoms with Gasteiger partial charge in [0.15, 0.2) is 0 Å². The van der Waals surface area contributed by atoms with Crippen molar-refractivity contribution in [2.45, 2.75) is 52.1 Å². The van der Waals surface area contributed by atoms with Crippen LogP contribution in [0.25, 0.3) is 0 Å².